The molecule has 1 aromatic carbocycles. The number of nitriles is 1. The molecule has 0 radical (unpaired) electrons. The van der Waals surface area contributed by atoms with Gasteiger partial charge in [0.2, 0.25) is 5.91 Å². The minimum absolute atomic E-state index is 0.0162. The van der Waals surface area contributed by atoms with Gasteiger partial charge in [-0.15, -0.1) is 0 Å². The van der Waals surface area contributed by atoms with Crippen LogP contribution in [0.3, 0.4) is 0 Å². The molecule has 1 aliphatic heterocycles. The van der Waals surface area contributed by atoms with Crippen LogP contribution in [0.25, 0.3) is 16.9 Å². The van der Waals surface area contributed by atoms with Crippen LogP contribution in [-0.2, 0) is 4.79 Å². The van der Waals surface area contributed by atoms with Crippen LogP contribution >= 0.6 is 0 Å². The van der Waals surface area contributed by atoms with E-state index in [1.807, 2.05) is 30.3 Å². The van der Waals surface area contributed by atoms with Gasteiger partial charge in [-0.25, -0.2) is 15.8 Å². The van der Waals surface area contributed by atoms with E-state index < -0.39 is 11.9 Å². The lowest BCUT2D eigenvalue weighted by molar-refractivity contribution is -0.135. The standard InChI is InChI=1S/C26H29N9O2/c27-12-16-8-10-34(11-9-16)26(37)22(17-6-7-17)33-25(36)19-13-30-24-23(19)32-21(14-31-24)20(28)15-35(29)18-4-2-1-3-5-18/h1-5,13-17,22H,6-11,28-29H2,(H,30,31)(H,33,36)/b20-15-/t22-/m1/s1. The molecular weight excluding hydrogens is 470 g/mol. The zero-order chi connectivity index (χ0) is 25.9. The number of nitrogens with two attached hydrogens (primary N) is 2. The van der Waals surface area contributed by atoms with Gasteiger partial charge in [0.15, 0.2) is 5.65 Å². The molecule has 2 aliphatic rings. The first-order valence-corrected chi connectivity index (χ1v) is 12.3. The van der Waals surface area contributed by atoms with Gasteiger partial charge >= 0.3 is 0 Å². The lowest BCUT2D eigenvalue weighted by atomic mass is 9.97. The molecule has 0 bridgehead atoms. The number of nitrogens with zero attached hydrogens (tertiary/aromatic N) is 5. The molecule has 11 heteroatoms. The number of piperidine rings is 1. The van der Waals surface area contributed by atoms with Crippen molar-refractivity contribution in [1.29, 1.82) is 5.26 Å². The van der Waals surface area contributed by atoms with Gasteiger partial charge in [0.1, 0.15) is 17.3 Å². The minimum Gasteiger partial charge on any atom is -0.396 e. The van der Waals surface area contributed by atoms with Crippen LogP contribution in [-0.4, -0.2) is 50.8 Å². The van der Waals surface area contributed by atoms with Gasteiger partial charge in [-0.1, -0.05) is 18.2 Å². The average molecular weight is 500 g/mol. The molecular formula is C26H29N9O2. The van der Waals surface area contributed by atoms with Gasteiger partial charge in [-0.2, -0.15) is 5.26 Å². The van der Waals surface area contributed by atoms with Gasteiger partial charge in [0, 0.05) is 31.4 Å². The summed E-state index contributed by atoms with van der Waals surface area (Å²) in [5.41, 5.74) is 8.70. The Morgan fingerprint density at radius 3 is 2.62 bits per heavy atom. The molecule has 1 saturated carbocycles. The molecule has 1 saturated heterocycles. The van der Waals surface area contributed by atoms with Crippen molar-refractivity contribution in [3.8, 4) is 6.07 Å². The second kappa shape index (κ2) is 10.3. The quantitative estimate of drug-likeness (QED) is 0.282. The van der Waals surface area contributed by atoms with Crippen molar-refractivity contribution in [3.05, 3.63) is 60.2 Å². The fraction of sp³-hybridized carbons (Fsp3) is 0.346. The third kappa shape index (κ3) is 5.24. The van der Waals surface area contributed by atoms with Crippen molar-refractivity contribution in [2.24, 2.45) is 23.4 Å². The normalized spacial score (nSPS) is 17.3. The molecule has 2 aromatic heterocycles. The number of likely N-dealkylation sites (tertiary alicyclic amines) is 1. The van der Waals surface area contributed by atoms with E-state index in [0.717, 1.165) is 18.5 Å². The molecule has 5 rings (SSSR count). The maximum Gasteiger partial charge on any atom is 0.255 e. The largest absolute Gasteiger partial charge is 0.396 e. The Labute approximate surface area is 214 Å². The van der Waals surface area contributed by atoms with Crippen molar-refractivity contribution in [1.82, 2.24) is 25.2 Å². The van der Waals surface area contributed by atoms with Gasteiger partial charge in [-0.05, 0) is 43.7 Å². The predicted octanol–water partition coefficient (Wildman–Crippen LogP) is 1.87. The highest BCUT2D eigenvalue weighted by Crippen LogP contribution is 2.34. The minimum atomic E-state index is -0.603. The molecule has 1 atom stereocenters. The van der Waals surface area contributed by atoms with Crippen molar-refractivity contribution in [2.75, 3.05) is 18.1 Å². The summed E-state index contributed by atoms with van der Waals surface area (Å²) in [6.45, 7) is 1.07. The van der Waals surface area contributed by atoms with E-state index in [-0.39, 0.29) is 29.0 Å². The smallest absolute Gasteiger partial charge is 0.255 e. The molecule has 0 unspecified atom stereocenters. The average Bonchev–Trinajstić information content (AvgIpc) is 3.69. The highest BCUT2D eigenvalue weighted by atomic mass is 16.2. The number of H-pyrrole nitrogens is 1. The first kappa shape index (κ1) is 24.3. The van der Waals surface area contributed by atoms with Crippen LogP contribution in [0.2, 0.25) is 0 Å². The zero-order valence-electron chi connectivity index (χ0n) is 20.3. The number of aromatic amines is 1. The number of carbonyl (C=O) groups excluding carboxylic acids is 2. The van der Waals surface area contributed by atoms with Crippen molar-refractivity contribution in [3.63, 3.8) is 0 Å². The molecule has 190 valence electrons. The van der Waals surface area contributed by atoms with E-state index in [2.05, 4.69) is 26.3 Å². The maximum absolute atomic E-state index is 13.3. The molecule has 37 heavy (non-hydrogen) atoms. The van der Waals surface area contributed by atoms with Gasteiger partial charge in [0.25, 0.3) is 5.91 Å². The molecule has 3 aromatic rings. The van der Waals surface area contributed by atoms with E-state index in [0.29, 0.717) is 42.8 Å². The Kier molecular flexibility index (Phi) is 6.74. The van der Waals surface area contributed by atoms with E-state index in [1.54, 1.807) is 4.90 Å². The lowest BCUT2D eigenvalue weighted by Crippen LogP contribution is -2.51. The number of amides is 2. The number of benzene rings is 1. The summed E-state index contributed by atoms with van der Waals surface area (Å²) < 4.78 is 0. The summed E-state index contributed by atoms with van der Waals surface area (Å²) in [5, 5.41) is 13.5. The SMILES string of the molecule is N#CC1CCN(C(=O)[C@H](NC(=O)c2c[nH]c3ncc(/C(N)=C/N(N)c4ccccc4)nc23)C2CC2)CC1. The number of hydrogen-bond donors (Lipinski definition) is 4. The molecule has 1 aliphatic carbocycles. The molecule has 3 heterocycles. The first-order chi connectivity index (χ1) is 17.9. The van der Waals surface area contributed by atoms with Crippen molar-refractivity contribution >= 4 is 34.4 Å². The predicted molar refractivity (Wildman–Crippen MR) is 138 cm³/mol. The Hall–Kier alpha value is -4.43. The molecule has 2 amide bonds. The fourth-order valence-electron chi connectivity index (χ4n) is 4.55. The number of anilines is 1. The second-order valence-electron chi connectivity index (χ2n) is 9.50. The van der Waals surface area contributed by atoms with Gasteiger partial charge < -0.3 is 20.9 Å². The number of rotatable bonds is 7. The van der Waals surface area contributed by atoms with Crippen LogP contribution in [0.1, 0.15) is 41.7 Å². The van der Waals surface area contributed by atoms with Crippen LogP contribution in [0.15, 0.2) is 48.9 Å². The number of fused-ring (bicyclic) bond motifs is 1. The van der Waals surface area contributed by atoms with E-state index >= 15 is 0 Å². The van der Waals surface area contributed by atoms with Crippen LogP contribution in [0, 0.1) is 23.2 Å². The maximum atomic E-state index is 13.3. The Bertz CT molecular complexity index is 1370. The number of hydrazine groups is 1. The topological polar surface area (TPSA) is 170 Å². The summed E-state index contributed by atoms with van der Waals surface area (Å²) >= 11 is 0. The van der Waals surface area contributed by atoms with Gasteiger partial charge in [-0.3, -0.25) is 14.6 Å². The summed E-state index contributed by atoms with van der Waals surface area (Å²) in [5.74, 6) is 5.72. The third-order valence-corrected chi connectivity index (χ3v) is 6.89. The zero-order valence-corrected chi connectivity index (χ0v) is 20.3. The fourth-order valence-corrected chi connectivity index (χ4v) is 4.55. The lowest BCUT2D eigenvalue weighted by Gasteiger charge is -2.32. The molecule has 2 fully saturated rings. The summed E-state index contributed by atoms with van der Waals surface area (Å²) in [6.07, 6.45) is 7.68. The van der Waals surface area contributed by atoms with Crippen LogP contribution in [0.4, 0.5) is 5.69 Å². The summed E-state index contributed by atoms with van der Waals surface area (Å²) in [4.78, 5) is 40.2. The van der Waals surface area contributed by atoms with E-state index in [1.165, 1.54) is 23.6 Å². The van der Waals surface area contributed by atoms with E-state index in [4.69, 9.17) is 16.8 Å². The second-order valence-corrected chi connectivity index (χ2v) is 9.50. The highest BCUT2D eigenvalue weighted by Gasteiger charge is 2.40. The first-order valence-electron chi connectivity index (χ1n) is 12.3. The number of carbonyl (C=O) groups is 2. The summed E-state index contributed by atoms with van der Waals surface area (Å²) in [6, 6.07) is 11.0. The van der Waals surface area contributed by atoms with Crippen LogP contribution < -0.4 is 21.9 Å². The number of hydrogen-bond acceptors (Lipinski definition) is 8. The van der Waals surface area contributed by atoms with Gasteiger partial charge in [0.05, 0.1) is 29.2 Å². The molecule has 0 spiro atoms. The third-order valence-electron chi connectivity index (χ3n) is 6.89. The number of nitrogens with one attached hydrogen (secondary N) is 2. The molecule has 6 N–H and O–H groups in total. The highest BCUT2D eigenvalue weighted by molar-refractivity contribution is 6.06. The van der Waals surface area contributed by atoms with Crippen molar-refractivity contribution in [2.45, 2.75) is 31.7 Å². The van der Waals surface area contributed by atoms with Crippen LogP contribution in [0.5, 0.6) is 0 Å². The number of aromatic nitrogens is 3. The Balaban J connectivity index is 1.34. The summed E-state index contributed by atoms with van der Waals surface area (Å²) in [7, 11) is 0. The Morgan fingerprint density at radius 2 is 1.95 bits per heavy atom. The monoisotopic (exact) mass is 499 g/mol. The Morgan fingerprint density at radius 1 is 1.22 bits per heavy atom. The van der Waals surface area contributed by atoms with E-state index in [9.17, 15) is 9.59 Å². The van der Waals surface area contributed by atoms with Crippen molar-refractivity contribution < 1.29 is 9.59 Å². The molecule has 11 nitrogen and oxygen atoms in total. The number of para-hydroxylation sites is 1.